The van der Waals surface area contributed by atoms with Gasteiger partial charge >= 0.3 is 0 Å². The van der Waals surface area contributed by atoms with Crippen molar-refractivity contribution < 1.29 is 9.13 Å². The molecule has 0 radical (unpaired) electrons. The highest BCUT2D eigenvalue weighted by Crippen LogP contribution is 2.21. The Balaban J connectivity index is 3.01. The molecule has 0 amide bonds. The third kappa shape index (κ3) is 2.67. The molecule has 0 saturated heterocycles. The van der Waals surface area contributed by atoms with E-state index < -0.39 is 0 Å². The minimum Gasteiger partial charge on any atom is -0.380 e. The Morgan fingerprint density at radius 1 is 1.50 bits per heavy atom. The monoisotopic (exact) mass is 217 g/mol. The Morgan fingerprint density at radius 2 is 2.21 bits per heavy atom. The third-order valence-corrected chi connectivity index (χ3v) is 2.16. The minimum absolute atomic E-state index is 0.128. The molecule has 1 rings (SSSR count). The second kappa shape index (κ2) is 5.29. The van der Waals surface area contributed by atoms with Crippen molar-refractivity contribution in [3.8, 4) is 0 Å². The van der Waals surface area contributed by atoms with Gasteiger partial charge in [-0.3, -0.25) is 0 Å². The molecule has 0 aliphatic carbocycles. The molecule has 1 aromatic rings. The zero-order chi connectivity index (χ0) is 10.6. The molecule has 0 fully saturated rings. The van der Waals surface area contributed by atoms with Crippen LogP contribution in [0.1, 0.15) is 11.1 Å². The van der Waals surface area contributed by atoms with E-state index in [-0.39, 0.29) is 10.8 Å². The molecule has 0 spiro atoms. The van der Waals surface area contributed by atoms with Crippen LogP contribution in [0, 0.1) is 5.82 Å². The molecule has 0 aliphatic rings. The lowest BCUT2D eigenvalue weighted by atomic mass is 10.1. The third-order valence-electron chi connectivity index (χ3n) is 1.89. The largest absolute Gasteiger partial charge is 0.380 e. The first-order valence-corrected chi connectivity index (χ1v) is 4.72. The van der Waals surface area contributed by atoms with E-state index in [1.165, 1.54) is 0 Å². The molecule has 0 saturated carbocycles. The average Bonchev–Trinajstić information content (AvgIpc) is 2.14. The number of halogens is 2. The molecule has 0 atom stereocenters. The number of hydrogen-bond acceptors (Lipinski definition) is 2. The molecule has 0 bridgehead atoms. The Bertz CT molecular complexity index is 317. The van der Waals surface area contributed by atoms with Crippen molar-refractivity contribution in [3.05, 3.63) is 34.1 Å². The second-order valence-corrected chi connectivity index (χ2v) is 3.43. The standard InChI is InChI=1S/C10H13ClFNO/c1-14-6-7-4-8(2-3-13)10(12)9(11)5-7/h4-5H,2-3,6,13H2,1H3. The first-order valence-electron chi connectivity index (χ1n) is 4.34. The number of ether oxygens (including phenoxy) is 1. The molecular weight excluding hydrogens is 205 g/mol. The highest BCUT2D eigenvalue weighted by Gasteiger charge is 2.08. The van der Waals surface area contributed by atoms with Crippen LogP contribution in [0.5, 0.6) is 0 Å². The van der Waals surface area contributed by atoms with Gasteiger partial charge in [-0.15, -0.1) is 0 Å². The topological polar surface area (TPSA) is 35.2 Å². The summed E-state index contributed by atoms with van der Waals surface area (Å²) in [6.45, 7) is 0.835. The normalized spacial score (nSPS) is 10.6. The van der Waals surface area contributed by atoms with Gasteiger partial charge in [0.25, 0.3) is 0 Å². The lowest BCUT2D eigenvalue weighted by molar-refractivity contribution is 0.185. The van der Waals surface area contributed by atoms with E-state index in [1.54, 1.807) is 19.2 Å². The molecule has 0 heterocycles. The van der Waals surface area contributed by atoms with Crippen molar-refractivity contribution in [1.82, 2.24) is 0 Å². The van der Waals surface area contributed by atoms with Crippen LogP contribution in [0.4, 0.5) is 4.39 Å². The first-order chi connectivity index (χ1) is 6.69. The Labute approximate surface area is 87.8 Å². The fraction of sp³-hybridized carbons (Fsp3) is 0.400. The summed E-state index contributed by atoms with van der Waals surface area (Å²) >= 11 is 5.72. The fourth-order valence-electron chi connectivity index (χ4n) is 1.30. The van der Waals surface area contributed by atoms with Crippen LogP contribution in [0.3, 0.4) is 0 Å². The van der Waals surface area contributed by atoms with Gasteiger partial charge in [-0.05, 0) is 30.2 Å². The van der Waals surface area contributed by atoms with E-state index in [4.69, 9.17) is 22.1 Å². The predicted molar refractivity (Wildman–Crippen MR) is 54.9 cm³/mol. The van der Waals surface area contributed by atoms with Crippen molar-refractivity contribution in [2.45, 2.75) is 13.0 Å². The number of nitrogens with two attached hydrogens (primary N) is 1. The van der Waals surface area contributed by atoms with Crippen LogP contribution >= 0.6 is 11.6 Å². The number of benzene rings is 1. The molecule has 14 heavy (non-hydrogen) atoms. The Hall–Kier alpha value is -0.640. The lowest BCUT2D eigenvalue weighted by Gasteiger charge is -2.07. The van der Waals surface area contributed by atoms with E-state index in [1.807, 2.05) is 0 Å². The smallest absolute Gasteiger partial charge is 0.145 e. The van der Waals surface area contributed by atoms with Gasteiger partial charge in [0, 0.05) is 7.11 Å². The minimum atomic E-state index is -0.378. The summed E-state index contributed by atoms with van der Waals surface area (Å²) in [4.78, 5) is 0. The van der Waals surface area contributed by atoms with Crippen LogP contribution < -0.4 is 5.73 Å². The molecule has 2 N–H and O–H groups in total. The lowest BCUT2D eigenvalue weighted by Crippen LogP contribution is -2.05. The van der Waals surface area contributed by atoms with Gasteiger partial charge in [0.15, 0.2) is 0 Å². The predicted octanol–water partition coefficient (Wildman–Crippen LogP) is 2.13. The van der Waals surface area contributed by atoms with E-state index in [0.717, 1.165) is 5.56 Å². The highest BCUT2D eigenvalue weighted by atomic mass is 35.5. The molecule has 0 aliphatic heterocycles. The summed E-state index contributed by atoms with van der Waals surface area (Å²) in [6, 6.07) is 3.30. The van der Waals surface area contributed by atoms with Gasteiger partial charge in [-0.1, -0.05) is 17.7 Å². The van der Waals surface area contributed by atoms with Gasteiger partial charge in [0.05, 0.1) is 11.6 Å². The summed E-state index contributed by atoms with van der Waals surface area (Å²) in [5, 5.41) is 0.128. The van der Waals surface area contributed by atoms with Crippen molar-refractivity contribution in [3.63, 3.8) is 0 Å². The Kier molecular flexibility index (Phi) is 4.32. The second-order valence-electron chi connectivity index (χ2n) is 3.02. The molecule has 78 valence electrons. The molecule has 0 aromatic heterocycles. The summed E-state index contributed by atoms with van der Waals surface area (Å²) in [7, 11) is 1.58. The van der Waals surface area contributed by atoms with Crippen LogP contribution in [-0.2, 0) is 17.8 Å². The van der Waals surface area contributed by atoms with E-state index in [0.29, 0.717) is 25.1 Å². The van der Waals surface area contributed by atoms with Crippen molar-refractivity contribution in [2.24, 2.45) is 5.73 Å². The molecule has 0 unspecified atom stereocenters. The zero-order valence-corrected chi connectivity index (χ0v) is 8.77. The summed E-state index contributed by atoms with van der Waals surface area (Å²) in [6.07, 6.45) is 0.489. The van der Waals surface area contributed by atoms with Gasteiger partial charge < -0.3 is 10.5 Å². The van der Waals surface area contributed by atoms with Crippen LogP contribution in [-0.4, -0.2) is 13.7 Å². The number of rotatable bonds is 4. The quantitative estimate of drug-likeness (QED) is 0.839. The highest BCUT2D eigenvalue weighted by molar-refractivity contribution is 6.30. The average molecular weight is 218 g/mol. The SMILES string of the molecule is COCc1cc(Cl)c(F)c(CCN)c1. The summed E-state index contributed by atoms with van der Waals surface area (Å²) in [5.41, 5.74) is 6.77. The fourth-order valence-corrected chi connectivity index (χ4v) is 1.56. The molecule has 2 nitrogen and oxygen atoms in total. The molecule has 4 heteroatoms. The Morgan fingerprint density at radius 3 is 2.79 bits per heavy atom. The van der Waals surface area contributed by atoms with E-state index in [2.05, 4.69) is 0 Å². The van der Waals surface area contributed by atoms with Crippen molar-refractivity contribution in [2.75, 3.05) is 13.7 Å². The maximum atomic E-state index is 13.4. The van der Waals surface area contributed by atoms with Crippen molar-refractivity contribution >= 4 is 11.6 Å². The van der Waals surface area contributed by atoms with E-state index >= 15 is 0 Å². The van der Waals surface area contributed by atoms with Crippen molar-refractivity contribution in [1.29, 1.82) is 0 Å². The van der Waals surface area contributed by atoms with E-state index in [9.17, 15) is 4.39 Å². The number of methoxy groups -OCH3 is 1. The van der Waals surface area contributed by atoms with Gasteiger partial charge in [-0.2, -0.15) is 0 Å². The summed E-state index contributed by atoms with van der Waals surface area (Å²) in [5.74, 6) is -0.378. The maximum Gasteiger partial charge on any atom is 0.145 e. The first kappa shape index (κ1) is 11.4. The molecular formula is C10H13ClFNO. The van der Waals surface area contributed by atoms with Crippen LogP contribution in [0.25, 0.3) is 0 Å². The summed E-state index contributed by atoms with van der Waals surface area (Å²) < 4.78 is 18.3. The van der Waals surface area contributed by atoms with Gasteiger partial charge in [-0.25, -0.2) is 4.39 Å². The van der Waals surface area contributed by atoms with Gasteiger partial charge in [0.2, 0.25) is 0 Å². The number of hydrogen-bond donors (Lipinski definition) is 1. The van der Waals surface area contributed by atoms with Gasteiger partial charge in [0.1, 0.15) is 5.82 Å². The van der Waals surface area contributed by atoms with Crippen LogP contribution in [0.2, 0.25) is 5.02 Å². The molecule has 1 aromatic carbocycles. The zero-order valence-electron chi connectivity index (χ0n) is 8.02. The maximum absolute atomic E-state index is 13.4. The van der Waals surface area contributed by atoms with Crippen LogP contribution in [0.15, 0.2) is 12.1 Å².